The van der Waals surface area contributed by atoms with Crippen LogP contribution in [0.4, 0.5) is 11.4 Å². The standard InChI is InChI=1S/C12H18N4O2/c13-9-2-1-8(11(14)6-9)5-12(18)15-16-4-3-10(17)7-16/h1-2,6,10,17H,3-5,7,13-14H2,(H,15,18). The lowest BCUT2D eigenvalue weighted by Gasteiger charge is -2.16. The van der Waals surface area contributed by atoms with Crippen LogP contribution in [-0.4, -0.2) is 35.2 Å². The molecule has 0 spiro atoms. The molecule has 0 aromatic heterocycles. The summed E-state index contributed by atoms with van der Waals surface area (Å²) in [4.78, 5) is 11.8. The molecule has 0 saturated carbocycles. The van der Waals surface area contributed by atoms with Gasteiger partial charge in [-0.3, -0.25) is 10.2 Å². The summed E-state index contributed by atoms with van der Waals surface area (Å²) in [6, 6.07) is 5.11. The number of nitrogens with two attached hydrogens (primary N) is 2. The molecule has 1 unspecified atom stereocenters. The summed E-state index contributed by atoms with van der Waals surface area (Å²) in [6.45, 7) is 1.15. The average Bonchev–Trinajstić information content (AvgIpc) is 2.68. The van der Waals surface area contributed by atoms with E-state index in [1.807, 2.05) is 0 Å². The summed E-state index contributed by atoms with van der Waals surface area (Å²) in [7, 11) is 0. The van der Waals surface area contributed by atoms with Gasteiger partial charge in [-0.15, -0.1) is 0 Å². The lowest BCUT2D eigenvalue weighted by Crippen LogP contribution is -2.41. The van der Waals surface area contributed by atoms with E-state index < -0.39 is 0 Å². The molecule has 1 atom stereocenters. The van der Waals surface area contributed by atoms with Gasteiger partial charge >= 0.3 is 0 Å². The Morgan fingerprint density at radius 3 is 2.89 bits per heavy atom. The van der Waals surface area contributed by atoms with Crippen molar-refractivity contribution in [2.24, 2.45) is 0 Å². The number of anilines is 2. The molecule has 6 N–H and O–H groups in total. The second kappa shape index (κ2) is 5.24. The van der Waals surface area contributed by atoms with E-state index in [1.165, 1.54) is 0 Å². The van der Waals surface area contributed by atoms with Crippen LogP contribution in [0.1, 0.15) is 12.0 Å². The molecular weight excluding hydrogens is 232 g/mol. The highest BCUT2D eigenvalue weighted by molar-refractivity contribution is 5.80. The minimum absolute atomic E-state index is 0.138. The molecule has 6 heteroatoms. The number of nitrogens with one attached hydrogen (secondary N) is 1. The van der Waals surface area contributed by atoms with Crippen molar-refractivity contribution in [3.05, 3.63) is 23.8 Å². The SMILES string of the molecule is Nc1ccc(CC(=O)NN2CCC(O)C2)c(N)c1. The molecule has 0 aliphatic carbocycles. The van der Waals surface area contributed by atoms with Gasteiger partial charge in [0.1, 0.15) is 0 Å². The molecule has 98 valence electrons. The monoisotopic (exact) mass is 250 g/mol. The molecule has 1 fully saturated rings. The Hall–Kier alpha value is -1.79. The quantitative estimate of drug-likeness (QED) is 0.541. The van der Waals surface area contributed by atoms with Gasteiger partial charge in [0.05, 0.1) is 12.5 Å². The van der Waals surface area contributed by atoms with Crippen molar-refractivity contribution in [1.29, 1.82) is 0 Å². The first kappa shape index (κ1) is 12.7. The van der Waals surface area contributed by atoms with E-state index in [0.29, 0.717) is 30.9 Å². The van der Waals surface area contributed by atoms with Crippen LogP contribution in [0.3, 0.4) is 0 Å². The van der Waals surface area contributed by atoms with Gasteiger partial charge in [-0.25, -0.2) is 5.01 Å². The summed E-state index contributed by atoms with van der Waals surface area (Å²) in [5, 5.41) is 11.1. The lowest BCUT2D eigenvalue weighted by molar-refractivity contribution is -0.124. The third-order valence-corrected chi connectivity index (χ3v) is 2.97. The Balaban J connectivity index is 1.91. The maximum absolute atomic E-state index is 11.8. The predicted molar refractivity (Wildman–Crippen MR) is 69.3 cm³/mol. The van der Waals surface area contributed by atoms with Crippen molar-refractivity contribution in [3.63, 3.8) is 0 Å². The van der Waals surface area contributed by atoms with Crippen LogP contribution >= 0.6 is 0 Å². The number of β-amino-alcohol motifs (C(OH)–C–C–N with tert-alkyl or cyclic N) is 1. The minimum atomic E-state index is -0.355. The molecule has 1 amide bonds. The van der Waals surface area contributed by atoms with Crippen LogP contribution in [0.25, 0.3) is 0 Å². The smallest absolute Gasteiger partial charge is 0.238 e. The first-order valence-corrected chi connectivity index (χ1v) is 5.91. The van der Waals surface area contributed by atoms with Crippen LogP contribution in [-0.2, 0) is 11.2 Å². The Labute approximate surface area is 106 Å². The number of hydrazine groups is 1. The largest absolute Gasteiger partial charge is 0.399 e. The molecule has 1 aromatic rings. The Morgan fingerprint density at radius 2 is 2.28 bits per heavy atom. The van der Waals surface area contributed by atoms with Crippen molar-refractivity contribution in [3.8, 4) is 0 Å². The van der Waals surface area contributed by atoms with E-state index in [2.05, 4.69) is 5.43 Å². The van der Waals surface area contributed by atoms with Gasteiger partial charge in [-0.2, -0.15) is 0 Å². The summed E-state index contributed by atoms with van der Waals surface area (Å²) >= 11 is 0. The fraction of sp³-hybridized carbons (Fsp3) is 0.417. The number of hydrogen-bond acceptors (Lipinski definition) is 5. The van der Waals surface area contributed by atoms with Gasteiger partial charge < -0.3 is 16.6 Å². The van der Waals surface area contributed by atoms with Gasteiger partial charge in [0.15, 0.2) is 0 Å². The molecule has 1 saturated heterocycles. The van der Waals surface area contributed by atoms with Gasteiger partial charge in [0.2, 0.25) is 5.91 Å². The first-order chi connectivity index (χ1) is 8.54. The third-order valence-electron chi connectivity index (χ3n) is 2.97. The fourth-order valence-corrected chi connectivity index (χ4v) is 2.01. The van der Waals surface area contributed by atoms with E-state index in [1.54, 1.807) is 23.2 Å². The number of nitrogens with zero attached hydrogens (tertiary/aromatic N) is 1. The van der Waals surface area contributed by atoms with E-state index in [4.69, 9.17) is 11.5 Å². The first-order valence-electron chi connectivity index (χ1n) is 5.91. The molecule has 0 radical (unpaired) electrons. The number of amides is 1. The van der Waals surface area contributed by atoms with Gasteiger partial charge in [0, 0.05) is 24.5 Å². The van der Waals surface area contributed by atoms with Crippen LogP contribution < -0.4 is 16.9 Å². The van der Waals surface area contributed by atoms with E-state index >= 15 is 0 Å². The number of hydrogen-bond donors (Lipinski definition) is 4. The van der Waals surface area contributed by atoms with Gasteiger partial charge in [-0.1, -0.05) is 6.07 Å². The highest BCUT2D eigenvalue weighted by atomic mass is 16.3. The summed E-state index contributed by atoms with van der Waals surface area (Å²) < 4.78 is 0. The highest BCUT2D eigenvalue weighted by Crippen LogP contribution is 2.16. The average molecular weight is 250 g/mol. The molecule has 1 heterocycles. The number of rotatable bonds is 3. The third kappa shape index (κ3) is 3.12. The molecule has 1 aromatic carbocycles. The zero-order valence-electron chi connectivity index (χ0n) is 10.1. The summed E-state index contributed by atoms with van der Waals surface area (Å²) in [6.07, 6.45) is 0.537. The van der Waals surface area contributed by atoms with Crippen molar-refractivity contribution in [2.45, 2.75) is 18.9 Å². The second-order valence-electron chi connectivity index (χ2n) is 4.56. The zero-order chi connectivity index (χ0) is 13.1. The zero-order valence-corrected chi connectivity index (χ0v) is 10.1. The maximum atomic E-state index is 11.8. The van der Waals surface area contributed by atoms with E-state index in [0.717, 1.165) is 5.56 Å². The lowest BCUT2D eigenvalue weighted by atomic mass is 10.1. The van der Waals surface area contributed by atoms with Crippen LogP contribution in [0.15, 0.2) is 18.2 Å². The molecular formula is C12H18N4O2. The molecule has 1 aliphatic heterocycles. The van der Waals surface area contributed by atoms with Crippen molar-refractivity contribution in [2.75, 3.05) is 24.6 Å². The van der Waals surface area contributed by atoms with E-state index in [9.17, 15) is 9.90 Å². The van der Waals surface area contributed by atoms with Gasteiger partial charge in [0.25, 0.3) is 0 Å². The number of aliphatic hydroxyl groups is 1. The molecule has 1 aliphatic rings. The normalized spacial score (nSPS) is 19.9. The minimum Gasteiger partial charge on any atom is -0.399 e. The Kier molecular flexibility index (Phi) is 3.69. The van der Waals surface area contributed by atoms with Crippen molar-refractivity contribution >= 4 is 17.3 Å². The maximum Gasteiger partial charge on any atom is 0.238 e. The topological polar surface area (TPSA) is 105 Å². The van der Waals surface area contributed by atoms with Crippen LogP contribution in [0.5, 0.6) is 0 Å². The van der Waals surface area contributed by atoms with E-state index in [-0.39, 0.29) is 18.4 Å². The van der Waals surface area contributed by atoms with Crippen LogP contribution in [0.2, 0.25) is 0 Å². The molecule has 2 rings (SSSR count). The van der Waals surface area contributed by atoms with Crippen molar-refractivity contribution in [1.82, 2.24) is 10.4 Å². The summed E-state index contributed by atoms with van der Waals surface area (Å²) in [5.74, 6) is -0.138. The number of benzene rings is 1. The summed E-state index contributed by atoms with van der Waals surface area (Å²) in [5.41, 5.74) is 16.0. The molecule has 6 nitrogen and oxygen atoms in total. The number of carbonyl (C=O) groups is 1. The highest BCUT2D eigenvalue weighted by Gasteiger charge is 2.21. The second-order valence-corrected chi connectivity index (χ2v) is 4.56. The number of aliphatic hydroxyl groups excluding tert-OH is 1. The molecule has 18 heavy (non-hydrogen) atoms. The Bertz CT molecular complexity index is 450. The van der Waals surface area contributed by atoms with Crippen molar-refractivity contribution < 1.29 is 9.90 Å². The number of nitrogen functional groups attached to an aromatic ring is 2. The van der Waals surface area contributed by atoms with Crippen LogP contribution in [0, 0.1) is 0 Å². The molecule has 0 bridgehead atoms. The van der Waals surface area contributed by atoms with Gasteiger partial charge in [-0.05, 0) is 24.1 Å². The predicted octanol–water partition coefficient (Wildman–Crippen LogP) is -0.509. The Morgan fingerprint density at radius 1 is 1.50 bits per heavy atom. The fourth-order valence-electron chi connectivity index (χ4n) is 2.01. The number of carbonyl (C=O) groups excluding carboxylic acids is 1.